The molecule has 0 aromatic carbocycles. The highest BCUT2D eigenvalue weighted by atomic mass is 32.2. The molecule has 11 heteroatoms. The Kier molecular flexibility index (Phi) is 8.78. The third-order valence-electron chi connectivity index (χ3n) is 6.56. The zero-order valence-electron chi connectivity index (χ0n) is 21.1. The Morgan fingerprint density at radius 3 is 2.68 bits per heavy atom. The third kappa shape index (κ3) is 7.48. The van der Waals surface area contributed by atoms with Crippen LogP contribution >= 0.6 is 0 Å². The normalized spacial score (nSPS) is 23.1. The van der Waals surface area contributed by atoms with E-state index in [0.717, 1.165) is 38.7 Å². The number of piperidine rings is 1. The molecule has 2 fully saturated rings. The number of nitrogens with one attached hydrogen (secondary N) is 2. The summed E-state index contributed by atoms with van der Waals surface area (Å²) >= 11 is 0. The molecule has 10 nitrogen and oxygen atoms in total. The van der Waals surface area contributed by atoms with Crippen molar-refractivity contribution in [2.45, 2.75) is 77.0 Å². The largest absolute Gasteiger partial charge is 0.353 e. The molecule has 0 saturated carbocycles. The van der Waals surface area contributed by atoms with Crippen LogP contribution in [0.15, 0.2) is 10.6 Å². The summed E-state index contributed by atoms with van der Waals surface area (Å²) in [6.07, 6.45) is 5.87. The number of nitrogens with zero attached hydrogens (tertiary/aromatic N) is 2. The van der Waals surface area contributed by atoms with Gasteiger partial charge in [0.2, 0.25) is 21.8 Å². The van der Waals surface area contributed by atoms with Gasteiger partial charge in [0, 0.05) is 37.7 Å². The second kappa shape index (κ2) is 11.0. The molecule has 2 N–H and O–H groups in total. The Morgan fingerprint density at radius 1 is 1.24 bits per heavy atom. The standard InChI is InChI=1S/C23H40N4O6S/c1-22(2,16-32-20-10-6-7-12-31-20)18-13-19(33-26-18)25-21(28)23(3,4)24-14-17-9-8-11-27(15-17)34(5,29)30/h13,17,20,24H,6-12,14-16H2,1-5H3,(H,25,28)/t17-,20?/m1/s1. The van der Waals surface area contributed by atoms with Crippen LogP contribution in [0, 0.1) is 5.92 Å². The van der Waals surface area contributed by atoms with Crippen LogP contribution in [-0.2, 0) is 29.7 Å². The second-order valence-electron chi connectivity index (χ2n) is 10.7. The Hall–Kier alpha value is -1.53. The smallest absolute Gasteiger partial charge is 0.246 e. The second-order valence-corrected chi connectivity index (χ2v) is 12.6. The number of hydrogen-bond donors (Lipinski definition) is 2. The highest BCUT2D eigenvalue weighted by Gasteiger charge is 2.33. The molecule has 2 aliphatic rings. The van der Waals surface area contributed by atoms with Crippen LogP contribution in [0.5, 0.6) is 0 Å². The average molecular weight is 501 g/mol. The molecule has 0 bridgehead atoms. The van der Waals surface area contributed by atoms with E-state index in [9.17, 15) is 13.2 Å². The lowest BCUT2D eigenvalue weighted by atomic mass is 9.90. The quantitative estimate of drug-likeness (QED) is 0.502. The van der Waals surface area contributed by atoms with Crippen molar-refractivity contribution in [1.29, 1.82) is 0 Å². The monoisotopic (exact) mass is 500 g/mol. The average Bonchev–Trinajstić information content (AvgIpc) is 3.26. The summed E-state index contributed by atoms with van der Waals surface area (Å²) in [5.41, 5.74) is -0.599. The van der Waals surface area contributed by atoms with E-state index < -0.39 is 21.0 Å². The fourth-order valence-corrected chi connectivity index (χ4v) is 5.06. The highest BCUT2D eigenvalue weighted by Crippen LogP contribution is 2.27. The molecular weight excluding hydrogens is 460 g/mol. The van der Waals surface area contributed by atoms with Crippen LogP contribution in [0.1, 0.15) is 65.5 Å². The zero-order chi connectivity index (χ0) is 25.0. The number of amides is 1. The maximum Gasteiger partial charge on any atom is 0.246 e. The maximum atomic E-state index is 12.9. The molecule has 0 radical (unpaired) electrons. The first-order valence-electron chi connectivity index (χ1n) is 12.1. The van der Waals surface area contributed by atoms with Gasteiger partial charge in [-0.15, -0.1) is 0 Å². The predicted molar refractivity (Wildman–Crippen MR) is 129 cm³/mol. The lowest BCUT2D eigenvalue weighted by Gasteiger charge is -2.33. The minimum atomic E-state index is -3.20. The fraction of sp³-hybridized carbons (Fsp3) is 0.826. The van der Waals surface area contributed by atoms with Crippen molar-refractivity contribution in [3.8, 4) is 0 Å². The fourth-order valence-electron chi connectivity index (χ4n) is 4.11. The molecule has 3 rings (SSSR count). The molecule has 0 aliphatic carbocycles. The molecule has 1 aromatic rings. The van der Waals surface area contributed by atoms with Crippen LogP contribution < -0.4 is 10.6 Å². The van der Waals surface area contributed by atoms with E-state index in [1.54, 1.807) is 19.9 Å². The van der Waals surface area contributed by atoms with Crippen molar-refractivity contribution in [1.82, 2.24) is 14.8 Å². The molecule has 2 atom stereocenters. The number of carbonyl (C=O) groups is 1. The van der Waals surface area contributed by atoms with Gasteiger partial charge in [0.25, 0.3) is 0 Å². The number of rotatable bonds is 10. The first-order valence-corrected chi connectivity index (χ1v) is 13.9. The number of sulfonamides is 1. The minimum Gasteiger partial charge on any atom is -0.353 e. The van der Waals surface area contributed by atoms with E-state index in [1.807, 2.05) is 13.8 Å². The molecule has 2 aliphatic heterocycles. The van der Waals surface area contributed by atoms with Crippen molar-refractivity contribution >= 4 is 21.8 Å². The van der Waals surface area contributed by atoms with Gasteiger partial charge in [0.15, 0.2) is 6.29 Å². The summed E-state index contributed by atoms with van der Waals surface area (Å²) in [6, 6.07) is 1.73. The number of carbonyl (C=O) groups excluding carboxylic acids is 1. The predicted octanol–water partition coefficient (Wildman–Crippen LogP) is 2.47. The Bertz CT molecular complexity index is 924. The van der Waals surface area contributed by atoms with Crippen LogP contribution in [0.25, 0.3) is 0 Å². The number of ether oxygens (including phenoxy) is 2. The van der Waals surface area contributed by atoms with Gasteiger partial charge < -0.3 is 19.3 Å². The van der Waals surface area contributed by atoms with Crippen LogP contribution in [-0.4, -0.2) is 74.7 Å². The first-order chi connectivity index (χ1) is 15.9. The summed E-state index contributed by atoms with van der Waals surface area (Å²) in [5.74, 6) is 0.176. The Labute approximate surface area is 203 Å². The van der Waals surface area contributed by atoms with Gasteiger partial charge in [-0.3, -0.25) is 10.1 Å². The summed E-state index contributed by atoms with van der Waals surface area (Å²) in [7, 11) is -3.20. The van der Waals surface area contributed by atoms with E-state index in [4.69, 9.17) is 14.0 Å². The lowest BCUT2D eigenvalue weighted by molar-refractivity contribution is -0.170. The highest BCUT2D eigenvalue weighted by molar-refractivity contribution is 7.88. The van der Waals surface area contributed by atoms with Crippen LogP contribution in [0.2, 0.25) is 0 Å². The van der Waals surface area contributed by atoms with E-state index in [1.165, 1.54) is 10.6 Å². The van der Waals surface area contributed by atoms with Gasteiger partial charge in [-0.05, 0) is 51.9 Å². The van der Waals surface area contributed by atoms with Gasteiger partial charge in [0.05, 0.1) is 24.1 Å². The molecule has 1 aromatic heterocycles. The van der Waals surface area contributed by atoms with E-state index >= 15 is 0 Å². The molecule has 1 amide bonds. The summed E-state index contributed by atoms with van der Waals surface area (Å²) in [6.45, 7) is 10.3. The Balaban J connectivity index is 1.50. The van der Waals surface area contributed by atoms with Crippen LogP contribution in [0.3, 0.4) is 0 Å². The molecule has 34 heavy (non-hydrogen) atoms. The van der Waals surface area contributed by atoms with Crippen LogP contribution in [0.4, 0.5) is 5.88 Å². The van der Waals surface area contributed by atoms with Crippen molar-refractivity contribution in [2.24, 2.45) is 5.92 Å². The first kappa shape index (κ1) is 27.1. The topological polar surface area (TPSA) is 123 Å². The van der Waals surface area contributed by atoms with Gasteiger partial charge >= 0.3 is 0 Å². The molecule has 194 valence electrons. The van der Waals surface area contributed by atoms with Crippen molar-refractivity contribution in [3.63, 3.8) is 0 Å². The van der Waals surface area contributed by atoms with E-state index in [0.29, 0.717) is 31.9 Å². The molecule has 0 spiro atoms. The van der Waals surface area contributed by atoms with Gasteiger partial charge in [-0.25, -0.2) is 12.7 Å². The molecular formula is C23H40N4O6S. The summed E-state index contributed by atoms with van der Waals surface area (Å²) < 4.78 is 42.1. The third-order valence-corrected chi connectivity index (χ3v) is 7.83. The molecule has 3 heterocycles. The number of hydrogen-bond acceptors (Lipinski definition) is 8. The Morgan fingerprint density at radius 2 is 2.00 bits per heavy atom. The maximum absolute atomic E-state index is 12.9. The minimum absolute atomic E-state index is 0.154. The van der Waals surface area contributed by atoms with Crippen molar-refractivity contribution in [3.05, 3.63) is 11.8 Å². The summed E-state index contributed by atoms with van der Waals surface area (Å²) in [5, 5.41) is 10.2. The van der Waals surface area contributed by atoms with Gasteiger partial charge in [-0.2, -0.15) is 0 Å². The zero-order valence-corrected chi connectivity index (χ0v) is 21.9. The van der Waals surface area contributed by atoms with E-state index in [-0.39, 0.29) is 24.0 Å². The SMILES string of the molecule is CC(C)(NC[C@H]1CCCN(S(C)(=O)=O)C1)C(=O)Nc1cc(C(C)(C)COC2CCCCO2)no1. The number of aromatic nitrogens is 1. The summed E-state index contributed by atoms with van der Waals surface area (Å²) in [4.78, 5) is 12.9. The van der Waals surface area contributed by atoms with Crippen molar-refractivity contribution in [2.75, 3.05) is 44.4 Å². The van der Waals surface area contributed by atoms with E-state index in [2.05, 4.69) is 15.8 Å². The molecule has 1 unspecified atom stereocenters. The number of anilines is 1. The van der Waals surface area contributed by atoms with Gasteiger partial charge in [0.1, 0.15) is 0 Å². The van der Waals surface area contributed by atoms with Crippen molar-refractivity contribution < 1.29 is 27.2 Å². The lowest BCUT2D eigenvalue weighted by Crippen LogP contribution is -2.53. The molecule has 2 saturated heterocycles. The van der Waals surface area contributed by atoms with Gasteiger partial charge in [-0.1, -0.05) is 19.0 Å².